The first-order valence-electron chi connectivity index (χ1n) is 10.5. The molecule has 0 radical (unpaired) electrons. The molecule has 1 aliphatic rings. The summed E-state index contributed by atoms with van der Waals surface area (Å²) in [4.78, 5) is 4.61. The van der Waals surface area contributed by atoms with Crippen LogP contribution in [0.15, 0.2) is 115 Å². The standard InChI is InChI=1S/C29H23N/c1-3-7-22(8-4-1)24-11-13-26(14-12-24)28-19-20-30-29(21-28)27-17-15-25(16-18-27)23-9-5-2-6-10-23/h2-3,5-21H,1,4H2. The van der Waals surface area contributed by atoms with Gasteiger partial charge >= 0.3 is 0 Å². The van der Waals surface area contributed by atoms with Crippen molar-refractivity contribution in [1.29, 1.82) is 0 Å². The molecule has 5 rings (SSSR count). The van der Waals surface area contributed by atoms with E-state index in [9.17, 15) is 0 Å². The van der Waals surface area contributed by atoms with Crippen LogP contribution in [0.1, 0.15) is 18.4 Å². The van der Waals surface area contributed by atoms with Gasteiger partial charge in [-0.3, -0.25) is 4.98 Å². The monoisotopic (exact) mass is 385 g/mol. The lowest BCUT2D eigenvalue weighted by atomic mass is 9.96. The summed E-state index contributed by atoms with van der Waals surface area (Å²) in [6, 6.07) is 32.2. The molecule has 0 saturated carbocycles. The number of hydrogen-bond donors (Lipinski definition) is 0. The predicted octanol–water partition coefficient (Wildman–Crippen LogP) is 7.82. The van der Waals surface area contributed by atoms with Crippen LogP contribution in [0.3, 0.4) is 0 Å². The van der Waals surface area contributed by atoms with Gasteiger partial charge in [0.15, 0.2) is 0 Å². The van der Waals surface area contributed by atoms with Gasteiger partial charge in [-0.15, -0.1) is 0 Å². The lowest BCUT2D eigenvalue weighted by molar-refractivity contribution is 1.04. The highest BCUT2D eigenvalue weighted by Crippen LogP contribution is 2.29. The van der Waals surface area contributed by atoms with Crippen molar-refractivity contribution in [3.63, 3.8) is 0 Å². The van der Waals surface area contributed by atoms with Gasteiger partial charge < -0.3 is 0 Å². The SMILES string of the molecule is C1=CC(c2ccc(-c3ccnc(-c4ccc(-c5ccccc5)cc4)c3)cc2)=CCC1. The maximum absolute atomic E-state index is 4.61. The molecule has 0 amide bonds. The Hall–Kier alpha value is -3.71. The predicted molar refractivity (Wildman–Crippen MR) is 127 cm³/mol. The summed E-state index contributed by atoms with van der Waals surface area (Å²) >= 11 is 0. The molecule has 3 aromatic carbocycles. The maximum atomic E-state index is 4.61. The van der Waals surface area contributed by atoms with Crippen LogP contribution in [-0.2, 0) is 0 Å². The van der Waals surface area contributed by atoms with Gasteiger partial charge in [0.25, 0.3) is 0 Å². The maximum Gasteiger partial charge on any atom is 0.0708 e. The van der Waals surface area contributed by atoms with Gasteiger partial charge in [-0.05, 0) is 58.4 Å². The molecule has 1 aliphatic carbocycles. The zero-order chi connectivity index (χ0) is 20.2. The average molecular weight is 386 g/mol. The summed E-state index contributed by atoms with van der Waals surface area (Å²) in [7, 11) is 0. The van der Waals surface area contributed by atoms with E-state index in [1.165, 1.54) is 33.4 Å². The number of pyridine rings is 1. The van der Waals surface area contributed by atoms with E-state index < -0.39 is 0 Å². The summed E-state index contributed by atoms with van der Waals surface area (Å²) in [5.41, 5.74) is 9.57. The number of benzene rings is 3. The lowest BCUT2D eigenvalue weighted by Gasteiger charge is -2.10. The van der Waals surface area contributed by atoms with Crippen LogP contribution in [-0.4, -0.2) is 4.98 Å². The number of aromatic nitrogens is 1. The van der Waals surface area contributed by atoms with E-state index >= 15 is 0 Å². The molecule has 144 valence electrons. The van der Waals surface area contributed by atoms with E-state index in [-0.39, 0.29) is 0 Å². The number of allylic oxidation sites excluding steroid dienone is 4. The van der Waals surface area contributed by atoms with E-state index in [1.54, 1.807) is 0 Å². The third-order valence-electron chi connectivity index (χ3n) is 5.59. The molecular formula is C29H23N. The molecule has 1 heterocycles. The van der Waals surface area contributed by atoms with Gasteiger partial charge in [0.2, 0.25) is 0 Å². The van der Waals surface area contributed by atoms with Crippen LogP contribution in [0.2, 0.25) is 0 Å². The smallest absolute Gasteiger partial charge is 0.0708 e. The summed E-state index contributed by atoms with van der Waals surface area (Å²) in [6.45, 7) is 0. The largest absolute Gasteiger partial charge is 0.256 e. The lowest BCUT2D eigenvalue weighted by Crippen LogP contribution is -1.88. The van der Waals surface area contributed by atoms with E-state index in [1.807, 2.05) is 12.3 Å². The van der Waals surface area contributed by atoms with Crippen LogP contribution in [0.25, 0.3) is 39.1 Å². The Kier molecular flexibility index (Phi) is 5.10. The fourth-order valence-corrected chi connectivity index (χ4v) is 3.91. The molecule has 0 bridgehead atoms. The van der Waals surface area contributed by atoms with E-state index in [2.05, 4.69) is 108 Å². The van der Waals surface area contributed by atoms with Crippen molar-refractivity contribution >= 4 is 5.57 Å². The molecule has 1 nitrogen and oxygen atoms in total. The Morgan fingerprint density at radius 3 is 1.87 bits per heavy atom. The van der Waals surface area contributed by atoms with Crippen LogP contribution < -0.4 is 0 Å². The van der Waals surface area contributed by atoms with Crippen molar-refractivity contribution in [1.82, 2.24) is 4.98 Å². The Balaban J connectivity index is 1.40. The molecule has 0 fully saturated rings. The Morgan fingerprint density at radius 2 is 1.17 bits per heavy atom. The van der Waals surface area contributed by atoms with Crippen molar-refractivity contribution in [2.45, 2.75) is 12.8 Å². The average Bonchev–Trinajstić information content (AvgIpc) is 2.85. The molecule has 0 aliphatic heterocycles. The van der Waals surface area contributed by atoms with Crippen molar-refractivity contribution in [2.24, 2.45) is 0 Å². The third kappa shape index (κ3) is 3.88. The quantitative estimate of drug-likeness (QED) is 0.349. The summed E-state index contributed by atoms with van der Waals surface area (Å²) in [5, 5.41) is 0. The minimum Gasteiger partial charge on any atom is -0.256 e. The second-order valence-electron chi connectivity index (χ2n) is 7.59. The minimum absolute atomic E-state index is 0.995. The fraction of sp³-hybridized carbons (Fsp3) is 0.0690. The van der Waals surface area contributed by atoms with Crippen LogP contribution in [0, 0.1) is 0 Å². The van der Waals surface area contributed by atoms with Crippen molar-refractivity contribution in [3.8, 4) is 33.5 Å². The molecule has 1 aromatic heterocycles. The Labute approximate surface area is 178 Å². The van der Waals surface area contributed by atoms with Gasteiger partial charge in [0.05, 0.1) is 5.69 Å². The molecule has 4 aromatic rings. The molecule has 1 heteroatoms. The molecule has 0 atom stereocenters. The molecule has 0 unspecified atom stereocenters. The minimum atomic E-state index is 0.995. The van der Waals surface area contributed by atoms with E-state index in [0.29, 0.717) is 0 Å². The van der Waals surface area contributed by atoms with Gasteiger partial charge in [-0.2, -0.15) is 0 Å². The molecule has 0 N–H and O–H groups in total. The number of nitrogens with zero attached hydrogens (tertiary/aromatic N) is 1. The fourth-order valence-electron chi connectivity index (χ4n) is 3.91. The second kappa shape index (κ2) is 8.34. The van der Waals surface area contributed by atoms with Gasteiger partial charge in [0.1, 0.15) is 0 Å². The van der Waals surface area contributed by atoms with Crippen LogP contribution >= 0.6 is 0 Å². The van der Waals surface area contributed by atoms with Gasteiger partial charge in [-0.25, -0.2) is 0 Å². The number of rotatable bonds is 4. The van der Waals surface area contributed by atoms with E-state index in [0.717, 1.165) is 24.1 Å². The first-order valence-corrected chi connectivity index (χ1v) is 10.5. The second-order valence-corrected chi connectivity index (χ2v) is 7.59. The summed E-state index contributed by atoms with van der Waals surface area (Å²) < 4.78 is 0. The van der Waals surface area contributed by atoms with Gasteiger partial charge in [-0.1, -0.05) is 97.1 Å². The third-order valence-corrected chi connectivity index (χ3v) is 5.59. The zero-order valence-corrected chi connectivity index (χ0v) is 16.8. The highest BCUT2D eigenvalue weighted by molar-refractivity contribution is 5.78. The first-order chi connectivity index (χ1) is 14.9. The van der Waals surface area contributed by atoms with Crippen molar-refractivity contribution < 1.29 is 0 Å². The topological polar surface area (TPSA) is 12.9 Å². The highest BCUT2D eigenvalue weighted by atomic mass is 14.7. The molecule has 30 heavy (non-hydrogen) atoms. The molecular weight excluding hydrogens is 362 g/mol. The summed E-state index contributed by atoms with van der Waals surface area (Å²) in [6.07, 6.45) is 11.0. The van der Waals surface area contributed by atoms with Crippen molar-refractivity contribution in [2.75, 3.05) is 0 Å². The van der Waals surface area contributed by atoms with E-state index in [4.69, 9.17) is 0 Å². The number of hydrogen-bond acceptors (Lipinski definition) is 1. The molecule has 0 saturated heterocycles. The van der Waals surface area contributed by atoms with Gasteiger partial charge in [0, 0.05) is 11.8 Å². The normalized spacial score (nSPS) is 13.1. The zero-order valence-electron chi connectivity index (χ0n) is 16.8. The summed E-state index contributed by atoms with van der Waals surface area (Å²) in [5.74, 6) is 0. The highest BCUT2D eigenvalue weighted by Gasteiger charge is 2.06. The van der Waals surface area contributed by atoms with Crippen molar-refractivity contribution in [3.05, 3.63) is 121 Å². The van der Waals surface area contributed by atoms with Crippen LogP contribution in [0.5, 0.6) is 0 Å². The first kappa shape index (κ1) is 18.3. The van der Waals surface area contributed by atoms with Crippen LogP contribution in [0.4, 0.5) is 0 Å². The molecule has 0 spiro atoms. The Morgan fingerprint density at radius 1 is 0.533 bits per heavy atom. The Bertz CT molecular complexity index is 1200.